The van der Waals surface area contributed by atoms with E-state index >= 15 is 0 Å². The SMILES string of the molecule is COCCCN1C2=NC3C(C(=O)N(Cc4cc(C)ccc4C)C(=O)N3C)N2C(C)=C1C. The van der Waals surface area contributed by atoms with E-state index in [1.807, 2.05) is 50.8 Å². The van der Waals surface area contributed by atoms with E-state index in [9.17, 15) is 9.59 Å². The number of aliphatic imine (C=N–C) groups is 1. The summed E-state index contributed by atoms with van der Waals surface area (Å²) in [4.78, 5) is 38.7. The number of benzene rings is 1. The molecule has 166 valence electrons. The van der Waals surface area contributed by atoms with Crippen molar-refractivity contribution < 1.29 is 14.3 Å². The van der Waals surface area contributed by atoms with Gasteiger partial charge in [-0.15, -0.1) is 0 Å². The highest BCUT2D eigenvalue weighted by Crippen LogP contribution is 2.38. The van der Waals surface area contributed by atoms with E-state index in [4.69, 9.17) is 9.73 Å². The van der Waals surface area contributed by atoms with Gasteiger partial charge >= 0.3 is 6.03 Å². The second-order valence-electron chi connectivity index (χ2n) is 8.57. The van der Waals surface area contributed by atoms with Gasteiger partial charge in [0, 0.05) is 38.7 Å². The highest BCUT2D eigenvalue weighted by atomic mass is 16.5. The van der Waals surface area contributed by atoms with Crippen LogP contribution in [0.4, 0.5) is 4.79 Å². The number of fused-ring (bicyclic) bond motifs is 3. The number of nitrogens with zero attached hydrogens (tertiary/aromatic N) is 5. The Bertz CT molecular complexity index is 985. The van der Waals surface area contributed by atoms with Crippen molar-refractivity contribution in [3.63, 3.8) is 0 Å². The second-order valence-corrected chi connectivity index (χ2v) is 8.57. The Labute approximate surface area is 183 Å². The number of carbonyl (C=O) groups excluding carboxylic acids is 2. The maximum atomic E-state index is 13.6. The van der Waals surface area contributed by atoms with E-state index in [0.717, 1.165) is 47.0 Å². The molecule has 0 saturated carbocycles. The second kappa shape index (κ2) is 8.00. The van der Waals surface area contributed by atoms with Gasteiger partial charge in [0.2, 0.25) is 5.96 Å². The molecule has 0 aromatic heterocycles. The maximum Gasteiger partial charge on any atom is 0.328 e. The molecule has 1 aromatic rings. The third kappa shape index (κ3) is 3.39. The van der Waals surface area contributed by atoms with Crippen molar-refractivity contribution >= 4 is 17.9 Å². The number of ether oxygens (including phenoxy) is 1. The summed E-state index contributed by atoms with van der Waals surface area (Å²) in [5, 5.41) is 0. The van der Waals surface area contributed by atoms with Gasteiger partial charge in [0.05, 0.1) is 6.54 Å². The lowest BCUT2D eigenvalue weighted by Gasteiger charge is -2.41. The van der Waals surface area contributed by atoms with E-state index in [2.05, 4.69) is 4.90 Å². The summed E-state index contributed by atoms with van der Waals surface area (Å²) in [7, 11) is 3.42. The van der Waals surface area contributed by atoms with Crippen molar-refractivity contribution in [1.82, 2.24) is 19.6 Å². The summed E-state index contributed by atoms with van der Waals surface area (Å²) in [6.45, 7) is 9.76. The van der Waals surface area contributed by atoms with Crippen molar-refractivity contribution in [3.05, 3.63) is 46.3 Å². The molecule has 2 unspecified atom stereocenters. The van der Waals surface area contributed by atoms with E-state index in [0.29, 0.717) is 6.61 Å². The third-order valence-corrected chi connectivity index (χ3v) is 6.57. The van der Waals surface area contributed by atoms with Crippen LogP contribution in [0.15, 0.2) is 34.6 Å². The van der Waals surface area contributed by atoms with E-state index in [1.54, 1.807) is 19.1 Å². The average molecular weight is 426 g/mol. The number of allylic oxidation sites excluding steroid dienone is 2. The Morgan fingerprint density at radius 2 is 1.81 bits per heavy atom. The highest BCUT2D eigenvalue weighted by Gasteiger charge is 2.55. The Morgan fingerprint density at radius 3 is 2.52 bits per heavy atom. The predicted octanol–water partition coefficient (Wildman–Crippen LogP) is 2.67. The van der Waals surface area contributed by atoms with Crippen LogP contribution in [0, 0.1) is 13.8 Å². The standard InChI is InChI=1S/C23H31N5O3/c1-14-8-9-15(2)18(12-14)13-27-21(29)19-20(25(5)23(27)30)24-22-26(10-7-11-31-6)16(3)17(4)28(19)22/h8-9,12,19-20H,7,10-11,13H2,1-6H3. The summed E-state index contributed by atoms with van der Waals surface area (Å²) in [6, 6.07) is 5.27. The Kier molecular flexibility index (Phi) is 5.51. The first kappa shape index (κ1) is 21.4. The molecule has 0 N–H and O–H groups in total. The quantitative estimate of drug-likeness (QED) is 0.656. The number of hydrogen-bond acceptors (Lipinski definition) is 6. The minimum atomic E-state index is -0.537. The molecular weight excluding hydrogens is 394 g/mol. The molecule has 3 heterocycles. The molecule has 0 aliphatic carbocycles. The van der Waals surface area contributed by atoms with Crippen molar-refractivity contribution in [2.45, 2.75) is 52.9 Å². The van der Waals surface area contributed by atoms with E-state index in [-0.39, 0.29) is 18.5 Å². The molecule has 1 fully saturated rings. The summed E-state index contributed by atoms with van der Waals surface area (Å²) in [5.41, 5.74) is 5.25. The first-order valence-electron chi connectivity index (χ1n) is 10.7. The summed E-state index contributed by atoms with van der Waals surface area (Å²) >= 11 is 0. The van der Waals surface area contributed by atoms with Gasteiger partial charge in [-0.05, 0) is 45.2 Å². The number of carbonyl (C=O) groups is 2. The van der Waals surface area contributed by atoms with Crippen LogP contribution in [0.1, 0.15) is 37.0 Å². The van der Waals surface area contributed by atoms with E-state index in [1.165, 1.54) is 4.90 Å². The van der Waals surface area contributed by atoms with Crippen molar-refractivity contribution in [2.75, 3.05) is 27.3 Å². The fourth-order valence-electron chi connectivity index (χ4n) is 4.60. The first-order valence-corrected chi connectivity index (χ1v) is 10.7. The number of amides is 3. The van der Waals surface area contributed by atoms with Crippen molar-refractivity contribution in [3.8, 4) is 0 Å². The molecule has 3 aliphatic heterocycles. The molecule has 1 saturated heterocycles. The lowest BCUT2D eigenvalue weighted by Crippen LogP contribution is -2.64. The van der Waals surface area contributed by atoms with Gasteiger partial charge in [0.25, 0.3) is 5.91 Å². The van der Waals surface area contributed by atoms with Gasteiger partial charge in [0.1, 0.15) is 0 Å². The maximum absolute atomic E-state index is 13.6. The van der Waals surface area contributed by atoms with Crippen molar-refractivity contribution in [2.24, 2.45) is 4.99 Å². The van der Waals surface area contributed by atoms with Gasteiger partial charge in [0.15, 0.2) is 12.2 Å². The third-order valence-electron chi connectivity index (χ3n) is 6.57. The fourth-order valence-corrected chi connectivity index (χ4v) is 4.60. The molecule has 8 nitrogen and oxygen atoms in total. The number of aryl methyl sites for hydroxylation is 2. The lowest BCUT2D eigenvalue weighted by atomic mass is 10.0. The smallest absolute Gasteiger partial charge is 0.328 e. The van der Waals surface area contributed by atoms with Crippen molar-refractivity contribution in [1.29, 1.82) is 0 Å². The van der Waals surface area contributed by atoms with Crippen LogP contribution in [0.25, 0.3) is 0 Å². The molecule has 3 aliphatic rings. The predicted molar refractivity (Wildman–Crippen MR) is 118 cm³/mol. The summed E-state index contributed by atoms with van der Waals surface area (Å²) in [6.07, 6.45) is 0.336. The molecule has 3 amide bonds. The number of guanidine groups is 1. The number of hydrogen-bond donors (Lipinski definition) is 0. The largest absolute Gasteiger partial charge is 0.385 e. The van der Waals surface area contributed by atoms with Gasteiger partial charge in [-0.1, -0.05) is 23.8 Å². The Morgan fingerprint density at radius 1 is 1.06 bits per heavy atom. The zero-order valence-electron chi connectivity index (χ0n) is 19.2. The van der Waals surface area contributed by atoms with Crippen LogP contribution >= 0.6 is 0 Å². The van der Waals surface area contributed by atoms with Crippen LogP contribution in [0.3, 0.4) is 0 Å². The number of methoxy groups -OCH3 is 1. The minimum absolute atomic E-state index is 0.196. The first-order chi connectivity index (χ1) is 14.8. The van der Waals surface area contributed by atoms with Crippen LogP contribution in [0.5, 0.6) is 0 Å². The zero-order valence-corrected chi connectivity index (χ0v) is 19.2. The number of imide groups is 1. The average Bonchev–Trinajstić information content (AvgIpc) is 3.23. The van der Waals surface area contributed by atoms with Gasteiger partial charge in [-0.2, -0.15) is 0 Å². The molecule has 4 rings (SSSR count). The number of likely N-dealkylation sites (N-methyl/N-ethyl adjacent to an activating group) is 1. The molecule has 31 heavy (non-hydrogen) atoms. The van der Waals surface area contributed by atoms with Gasteiger partial charge in [-0.25, -0.2) is 9.79 Å². The van der Waals surface area contributed by atoms with Gasteiger partial charge < -0.3 is 14.5 Å². The van der Waals surface area contributed by atoms with Crippen LogP contribution in [-0.2, 0) is 16.1 Å². The molecular formula is C23H31N5O3. The van der Waals surface area contributed by atoms with Crippen LogP contribution in [-0.4, -0.2) is 77.0 Å². The molecule has 8 heteroatoms. The highest BCUT2D eigenvalue weighted by molar-refractivity contribution is 6.05. The number of urea groups is 1. The normalized spacial score (nSPS) is 23.1. The monoisotopic (exact) mass is 425 g/mol. The Hall–Kier alpha value is -2.87. The fraction of sp³-hybridized carbons (Fsp3) is 0.522. The topological polar surface area (TPSA) is 68.7 Å². The van der Waals surface area contributed by atoms with Crippen LogP contribution in [0.2, 0.25) is 0 Å². The molecule has 0 radical (unpaired) electrons. The van der Waals surface area contributed by atoms with E-state index < -0.39 is 12.2 Å². The molecule has 0 spiro atoms. The Balaban J connectivity index is 1.64. The minimum Gasteiger partial charge on any atom is -0.385 e. The number of rotatable bonds is 6. The molecule has 0 bridgehead atoms. The summed E-state index contributed by atoms with van der Waals surface area (Å²) < 4.78 is 5.20. The molecule has 2 atom stereocenters. The summed E-state index contributed by atoms with van der Waals surface area (Å²) in [5.74, 6) is 0.557. The zero-order chi connectivity index (χ0) is 22.4. The molecule has 1 aromatic carbocycles. The van der Waals surface area contributed by atoms with Crippen LogP contribution < -0.4 is 0 Å². The van der Waals surface area contributed by atoms with Gasteiger partial charge in [-0.3, -0.25) is 14.6 Å². The lowest BCUT2D eigenvalue weighted by molar-refractivity contribution is -0.137.